The molecule has 0 aromatic heterocycles. The fraction of sp³-hybridized carbons (Fsp3) is 0.600. The van der Waals surface area contributed by atoms with Gasteiger partial charge in [0.1, 0.15) is 0 Å². The Kier molecular flexibility index (Phi) is 2.96. The van der Waals surface area contributed by atoms with Crippen LogP contribution in [0.3, 0.4) is 0 Å². The number of hydrogen-bond donors (Lipinski definition) is 0. The first kappa shape index (κ1) is 11.5. The molecule has 0 spiro atoms. The highest BCUT2D eigenvalue weighted by molar-refractivity contribution is 5.61. The van der Waals surface area contributed by atoms with Gasteiger partial charge in [-0.25, -0.2) is 0 Å². The summed E-state index contributed by atoms with van der Waals surface area (Å²) in [6, 6.07) is 8.87. The van der Waals surface area contributed by atoms with Gasteiger partial charge in [0.05, 0.1) is 0 Å². The average molecular weight is 217 g/mol. The van der Waals surface area contributed by atoms with Gasteiger partial charge in [0, 0.05) is 24.2 Å². The van der Waals surface area contributed by atoms with Crippen molar-refractivity contribution in [1.82, 2.24) is 0 Å². The van der Waals surface area contributed by atoms with E-state index in [0.717, 1.165) is 5.92 Å². The van der Waals surface area contributed by atoms with Crippen molar-refractivity contribution in [3.05, 3.63) is 29.8 Å². The van der Waals surface area contributed by atoms with Gasteiger partial charge in [-0.2, -0.15) is 0 Å². The van der Waals surface area contributed by atoms with Crippen LogP contribution in [0, 0.1) is 5.92 Å². The molecule has 1 heterocycles. The summed E-state index contributed by atoms with van der Waals surface area (Å²) in [4.78, 5) is 2.55. The second-order valence-electron chi connectivity index (χ2n) is 6.01. The van der Waals surface area contributed by atoms with Crippen LogP contribution < -0.4 is 4.90 Å². The third-order valence-corrected chi connectivity index (χ3v) is 3.54. The topological polar surface area (TPSA) is 3.24 Å². The minimum Gasteiger partial charge on any atom is -0.370 e. The van der Waals surface area contributed by atoms with Gasteiger partial charge < -0.3 is 4.90 Å². The molecule has 0 unspecified atom stereocenters. The number of benzene rings is 1. The summed E-state index contributed by atoms with van der Waals surface area (Å²) >= 11 is 0. The average Bonchev–Trinajstić information content (AvgIpc) is 2.49. The summed E-state index contributed by atoms with van der Waals surface area (Å²) in [6.07, 6.45) is 1.28. The lowest BCUT2D eigenvalue weighted by Crippen LogP contribution is -2.29. The van der Waals surface area contributed by atoms with Gasteiger partial charge in [-0.1, -0.05) is 45.9 Å². The smallest absolute Gasteiger partial charge is 0.0405 e. The Labute approximate surface area is 99.5 Å². The van der Waals surface area contributed by atoms with E-state index in [4.69, 9.17) is 0 Å². The van der Waals surface area contributed by atoms with E-state index in [1.807, 2.05) is 0 Å². The SMILES string of the molecule is CC(C)CCN1CC(C)(C)c2ccccc21. The molecule has 0 saturated carbocycles. The second-order valence-corrected chi connectivity index (χ2v) is 6.01. The molecule has 1 aromatic carbocycles. The summed E-state index contributed by atoms with van der Waals surface area (Å²) in [5.41, 5.74) is 3.28. The molecule has 1 aliphatic rings. The van der Waals surface area contributed by atoms with Crippen molar-refractivity contribution < 1.29 is 0 Å². The van der Waals surface area contributed by atoms with Crippen molar-refractivity contribution in [3.8, 4) is 0 Å². The molecule has 2 rings (SSSR count). The number of nitrogens with zero attached hydrogens (tertiary/aromatic N) is 1. The monoisotopic (exact) mass is 217 g/mol. The molecule has 0 aliphatic carbocycles. The van der Waals surface area contributed by atoms with E-state index in [1.165, 1.54) is 30.8 Å². The molecule has 1 aromatic rings. The van der Waals surface area contributed by atoms with Crippen LogP contribution in [0.1, 0.15) is 39.7 Å². The van der Waals surface area contributed by atoms with Gasteiger partial charge in [-0.3, -0.25) is 0 Å². The predicted octanol–water partition coefficient (Wildman–Crippen LogP) is 3.83. The molecule has 0 fully saturated rings. The number of rotatable bonds is 3. The van der Waals surface area contributed by atoms with E-state index >= 15 is 0 Å². The first-order valence-corrected chi connectivity index (χ1v) is 6.35. The zero-order valence-electron chi connectivity index (χ0n) is 11.0. The van der Waals surface area contributed by atoms with Gasteiger partial charge in [-0.05, 0) is 24.0 Å². The van der Waals surface area contributed by atoms with Crippen molar-refractivity contribution in [2.75, 3.05) is 18.0 Å². The molecular weight excluding hydrogens is 194 g/mol. The number of anilines is 1. The van der Waals surface area contributed by atoms with E-state index < -0.39 is 0 Å². The van der Waals surface area contributed by atoms with Crippen LogP contribution in [0.15, 0.2) is 24.3 Å². The Hall–Kier alpha value is -0.980. The quantitative estimate of drug-likeness (QED) is 0.743. The Morgan fingerprint density at radius 1 is 1.25 bits per heavy atom. The Morgan fingerprint density at radius 3 is 2.62 bits per heavy atom. The van der Waals surface area contributed by atoms with E-state index in [2.05, 4.69) is 56.9 Å². The molecule has 88 valence electrons. The molecule has 0 bridgehead atoms. The van der Waals surface area contributed by atoms with E-state index in [1.54, 1.807) is 0 Å². The molecule has 1 heteroatoms. The zero-order valence-corrected chi connectivity index (χ0v) is 11.0. The van der Waals surface area contributed by atoms with Gasteiger partial charge in [0.2, 0.25) is 0 Å². The minimum absolute atomic E-state index is 0.313. The summed E-state index contributed by atoms with van der Waals surface area (Å²) in [5, 5.41) is 0. The Bertz CT molecular complexity index is 365. The fourth-order valence-corrected chi connectivity index (χ4v) is 2.58. The lowest BCUT2D eigenvalue weighted by atomic mass is 9.87. The van der Waals surface area contributed by atoms with Crippen molar-refractivity contribution in [2.24, 2.45) is 5.92 Å². The van der Waals surface area contributed by atoms with Crippen molar-refractivity contribution >= 4 is 5.69 Å². The van der Waals surface area contributed by atoms with E-state index in [9.17, 15) is 0 Å². The minimum atomic E-state index is 0.313. The van der Waals surface area contributed by atoms with Crippen LogP contribution in [-0.2, 0) is 5.41 Å². The van der Waals surface area contributed by atoms with E-state index in [0.29, 0.717) is 5.41 Å². The number of para-hydroxylation sites is 1. The van der Waals surface area contributed by atoms with Gasteiger partial charge >= 0.3 is 0 Å². The molecule has 0 amide bonds. The van der Waals surface area contributed by atoms with Crippen LogP contribution in [0.4, 0.5) is 5.69 Å². The zero-order chi connectivity index (χ0) is 11.8. The first-order chi connectivity index (χ1) is 7.50. The van der Waals surface area contributed by atoms with Crippen LogP contribution in [0.5, 0.6) is 0 Å². The van der Waals surface area contributed by atoms with Crippen LogP contribution in [-0.4, -0.2) is 13.1 Å². The molecule has 0 saturated heterocycles. The maximum atomic E-state index is 2.55. The van der Waals surface area contributed by atoms with Gasteiger partial charge in [-0.15, -0.1) is 0 Å². The molecule has 0 N–H and O–H groups in total. The van der Waals surface area contributed by atoms with Crippen LogP contribution in [0.2, 0.25) is 0 Å². The third kappa shape index (κ3) is 2.09. The molecule has 16 heavy (non-hydrogen) atoms. The lowest BCUT2D eigenvalue weighted by molar-refractivity contribution is 0.522. The number of fused-ring (bicyclic) bond motifs is 1. The summed E-state index contributed by atoms with van der Waals surface area (Å²) < 4.78 is 0. The summed E-state index contributed by atoms with van der Waals surface area (Å²) in [6.45, 7) is 11.7. The van der Waals surface area contributed by atoms with Crippen LogP contribution >= 0.6 is 0 Å². The van der Waals surface area contributed by atoms with E-state index in [-0.39, 0.29) is 0 Å². The Balaban J connectivity index is 2.20. The van der Waals surface area contributed by atoms with Crippen molar-refractivity contribution in [3.63, 3.8) is 0 Å². The third-order valence-electron chi connectivity index (χ3n) is 3.54. The highest BCUT2D eigenvalue weighted by Crippen LogP contribution is 2.40. The number of hydrogen-bond acceptors (Lipinski definition) is 1. The molecule has 0 radical (unpaired) electrons. The first-order valence-electron chi connectivity index (χ1n) is 6.35. The largest absolute Gasteiger partial charge is 0.370 e. The molecule has 0 atom stereocenters. The highest BCUT2D eigenvalue weighted by atomic mass is 15.2. The molecule has 1 nitrogen and oxygen atoms in total. The van der Waals surface area contributed by atoms with Gasteiger partial charge in [0.25, 0.3) is 0 Å². The fourth-order valence-electron chi connectivity index (χ4n) is 2.58. The summed E-state index contributed by atoms with van der Waals surface area (Å²) in [5.74, 6) is 0.788. The van der Waals surface area contributed by atoms with Crippen LogP contribution in [0.25, 0.3) is 0 Å². The lowest BCUT2D eigenvalue weighted by Gasteiger charge is -2.23. The maximum absolute atomic E-state index is 2.55. The molecule has 1 aliphatic heterocycles. The predicted molar refractivity (Wildman–Crippen MR) is 71.1 cm³/mol. The standard InChI is InChI=1S/C15H23N/c1-12(2)9-10-16-11-15(3,4)13-7-5-6-8-14(13)16/h5-8,12H,9-11H2,1-4H3. The van der Waals surface area contributed by atoms with Crippen molar-refractivity contribution in [1.29, 1.82) is 0 Å². The Morgan fingerprint density at radius 2 is 1.94 bits per heavy atom. The molecular formula is C15H23N. The second kappa shape index (κ2) is 4.12. The maximum Gasteiger partial charge on any atom is 0.0405 e. The highest BCUT2D eigenvalue weighted by Gasteiger charge is 2.34. The van der Waals surface area contributed by atoms with Gasteiger partial charge in [0.15, 0.2) is 0 Å². The normalized spacial score (nSPS) is 17.9. The van der Waals surface area contributed by atoms with Crippen molar-refractivity contribution in [2.45, 2.75) is 39.5 Å². The summed E-state index contributed by atoms with van der Waals surface area (Å²) in [7, 11) is 0.